The molecular weight excluding hydrogens is 262 g/mol. The number of benzene rings is 1. The van der Waals surface area contributed by atoms with Gasteiger partial charge in [0.1, 0.15) is 0 Å². The minimum Gasteiger partial charge on any atom is -0.391 e. The van der Waals surface area contributed by atoms with Gasteiger partial charge in [0.25, 0.3) is 0 Å². The van der Waals surface area contributed by atoms with E-state index in [1.165, 1.54) is 0 Å². The van der Waals surface area contributed by atoms with Crippen LogP contribution >= 0.6 is 11.6 Å². The van der Waals surface area contributed by atoms with Crippen molar-refractivity contribution in [2.24, 2.45) is 5.92 Å². The van der Waals surface area contributed by atoms with Gasteiger partial charge >= 0.3 is 0 Å². The van der Waals surface area contributed by atoms with Gasteiger partial charge in [-0.2, -0.15) is 0 Å². The Kier molecular flexibility index (Phi) is 6.89. The van der Waals surface area contributed by atoms with Crippen molar-refractivity contribution in [3.63, 3.8) is 0 Å². The van der Waals surface area contributed by atoms with Crippen LogP contribution in [-0.4, -0.2) is 23.7 Å². The normalized spacial score (nSPS) is 12.5. The summed E-state index contributed by atoms with van der Waals surface area (Å²) in [5.74, 6) is 0.124. The van der Waals surface area contributed by atoms with E-state index >= 15 is 0 Å². The van der Waals surface area contributed by atoms with Crippen molar-refractivity contribution in [3.05, 3.63) is 34.9 Å². The lowest BCUT2D eigenvalue weighted by atomic mass is 9.96. The van der Waals surface area contributed by atoms with Gasteiger partial charge < -0.3 is 10.4 Å². The van der Waals surface area contributed by atoms with E-state index in [1.807, 2.05) is 32.0 Å². The van der Waals surface area contributed by atoms with Crippen LogP contribution in [0.15, 0.2) is 24.3 Å². The topological polar surface area (TPSA) is 49.3 Å². The van der Waals surface area contributed by atoms with Gasteiger partial charge in [0, 0.05) is 11.6 Å². The van der Waals surface area contributed by atoms with Crippen LogP contribution in [0.1, 0.15) is 32.3 Å². The maximum absolute atomic E-state index is 11.8. The summed E-state index contributed by atoms with van der Waals surface area (Å²) in [5.41, 5.74) is 0.804. The molecule has 1 aromatic carbocycles. The molecule has 2 N–H and O–H groups in total. The van der Waals surface area contributed by atoms with Gasteiger partial charge in [0.05, 0.1) is 12.5 Å². The molecule has 1 aromatic rings. The minimum atomic E-state index is -0.481. The Hall–Kier alpha value is -1.06. The molecule has 0 bridgehead atoms. The first-order valence-corrected chi connectivity index (χ1v) is 7.14. The van der Waals surface area contributed by atoms with Gasteiger partial charge in [-0.15, -0.1) is 0 Å². The first kappa shape index (κ1) is 16.0. The fraction of sp³-hybridized carbons (Fsp3) is 0.533. The Bertz CT molecular complexity index is 405. The van der Waals surface area contributed by atoms with Crippen molar-refractivity contribution in [2.45, 2.75) is 39.2 Å². The summed E-state index contributed by atoms with van der Waals surface area (Å²) in [6, 6.07) is 7.29. The number of carbonyl (C=O) groups is 1. The maximum Gasteiger partial charge on any atom is 0.224 e. The fourth-order valence-electron chi connectivity index (χ4n) is 2.10. The first-order chi connectivity index (χ1) is 9.08. The number of amides is 1. The Morgan fingerprint density at radius 2 is 1.95 bits per heavy atom. The second-order valence-electron chi connectivity index (χ2n) is 4.72. The third kappa shape index (κ3) is 5.21. The van der Waals surface area contributed by atoms with Crippen LogP contribution in [-0.2, 0) is 11.2 Å². The van der Waals surface area contributed by atoms with Gasteiger partial charge in [0.2, 0.25) is 5.91 Å². The quantitative estimate of drug-likeness (QED) is 0.808. The molecule has 1 atom stereocenters. The number of nitrogens with one attached hydrogen (secondary N) is 1. The van der Waals surface area contributed by atoms with Gasteiger partial charge in [-0.05, 0) is 17.5 Å². The highest BCUT2D eigenvalue weighted by atomic mass is 35.5. The molecule has 0 radical (unpaired) electrons. The lowest BCUT2D eigenvalue weighted by molar-refractivity contribution is -0.121. The number of aliphatic hydroxyl groups excluding tert-OH is 1. The highest BCUT2D eigenvalue weighted by Crippen LogP contribution is 2.15. The van der Waals surface area contributed by atoms with E-state index in [-0.39, 0.29) is 18.2 Å². The first-order valence-electron chi connectivity index (χ1n) is 6.76. The number of rotatable bonds is 7. The van der Waals surface area contributed by atoms with Crippen molar-refractivity contribution in [1.82, 2.24) is 5.32 Å². The van der Waals surface area contributed by atoms with E-state index in [2.05, 4.69) is 5.32 Å². The van der Waals surface area contributed by atoms with Crippen molar-refractivity contribution in [2.75, 3.05) is 6.54 Å². The minimum absolute atomic E-state index is 0.113. The molecule has 3 nitrogen and oxygen atoms in total. The van der Waals surface area contributed by atoms with E-state index in [1.54, 1.807) is 6.07 Å². The fourth-order valence-corrected chi connectivity index (χ4v) is 2.30. The molecule has 0 saturated heterocycles. The second-order valence-corrected chi connectivity index (χ2v) is 5.12. The van der Waals surface area contributed by atoms with E-state index in [9.17, 15) is 9.90 Å². The summed E-state index contributed by atoms with van der Waals surface area (Å²) in [7, 11) is 0. The Balaban J connectivity index is 2.42. The summed E-state index contributed by atoms with van der Waals surface area (Å²) < 4.78 is 0. The molecule has 0 aliphatic rings. The zero-order valence-corrected chi connectivity index (χ0v) is 12.3. The van der Waals surface area contributed by atoms with Crippen molar-refractivity contribution >= 4 is 17.5 Å². The molecule has 0 aromatic heterocycles. The van der Waals surface area contributed by atoms with Crippen molar-refractivity contribution in [3.8, 4) is 0 Å². The molecular formula is C15H22ClNO2. The van der Waals surface area contributed by atoms with Gasteiger partial charge in [-0.1, -0.05) is 56.5 Å². The predicted octanol–water partition coefficient (Wildman–Crippen LogP) is 2.80. The van der Waals surface area contributed by atoms with Crippen LogP contribution in [0.4, 0.5) is 0 Å². The number of aliphatic hydroxyl groups is 1. The summed E-state index contributed by atoms with van der Waals surface area (Å²) in [5, 5.41) is 13.3. The van der Waals surface area contributed by atoms with Crippen molar-refractivity contribution < 1.29 is 9.90 Å². The van der Waals surface area contributed by atoms with E-state index < -0.39 is 6.10 Å². The number of halogens is 1. The van der Waals surface area contributed by atoms with Crippen LogP contribution in [0.25, 0.3) is 0 Å². The highest BCUT2D eigenvalue weighted by molar-refractivity contribution is 6.31. The van der Waals surface area contributed by atoms with Gasteiger partial charge in [0.15, 0.2) is 0 Å². The zero-order chi connectivity index (χ0) is 14.3. The summed E-state index contributed by atoms with van der Waals surface area (Å²) >= 11 is 6.00. The van der Waals surface area contributed by atoms with Crippen LogP contribution in [0, 0.1) is 5.92 Å². The highest BCUT2D eigenvalue weighted by Gasteiger charge is 2.16. The summed E-state index contributed by atoms with van der Waals surface area (Å²) in [6.45, 7) is 4.39. The van der Waals surface area contributed by atoms with E-state index in [0.29, 0.717) is 11.6 Å². The predicted molar refractivity (Wildman–Crippen MR) is 78.2 cm³/mol. The number of carbonyl (C=O) groups excluding carboxylic acids is 1. The summed E-state index contributed by atoms with van der Waals surface area (Å²) in [6.07, 6.45) is 1.59. The molecule has 0 saturated carbocycles. The average Bonchev–Trinajstić information content (AvgIpc) is 2.40. The third-order valence-corrected chi connectivity index (χ3v) is 3.78. The number of hydrogen-bond acceptors (Lipinski definition) is 2. The third-order valence-electron chi connectivity index (χ3n) is 3.41. The molecule has 0 fully saturated rings. The molecule has 4 heteroatoms. The Morgan fingerprint density at radius 3 is 2.53 bits per heavy atom. The van der Waals surface area contributed by atoms with Crippen LogP contribution in [0.2, 0.25) is 5.02 Å². The molecule has 0 aliphatic heterocycles. The smallest absolute Gasteiger partial charge is 0.224 e. The Labute approximate surface area is 120 Å². The van der Waals surface area contributed by atoms with E-state index in [4.69, 9.17) is 11.6 Å². The molecule has 0 aliphatic carbocycles. The molecule has 1 rings (SSSR count). The van der Waals surface area contributed by atoms with Crippen LogP contribution in [0.5, 0.6) is 0 Å². The SMILES string of the molecule is CCC(CC)C(O)CNC(=O)Cc1ccccc1Cl. The Morgan fingerprint density at radius 1 is 1.32 bits per heavy atom. The average molecular weight is 284 g/mol. The molecule has 1 unspecified atom stereocenters. The van der Waals surface area contributed by atoms with Crippen LogP contribution < -0.4 is 5.32 Å². The van der Waals surface area contributed by atoms with Crippen LogP contribution in [0.3, 0.4) is 0 Å². The molecule has 106 valence electrons. The maximum atomic E-state index is 11.8. The van der Waals surface area contributed by atoms with Gasteiger partial charge in [-0.3, -0.25) is 4.79 Å². The molecule has 1 amide bonds. The molecule has 0 spiro atoms. The standard InChI is InChI=1S/C15H22ClNO2/c1-3-11(4-2)14(18)10-17-15(19)9-12-7-5-6-8-13(12)16/h5-8,11,14,18H,3-4,9-10H2,1-2H3,(H,17,19). The molecule has 0 heterocycles. The monoisotopic (exact) mass is 283 g/mol. The second kappa shape index (κ2) is 8.18. The zero-order valence-electron chi connectivity index (χ0n) is 11.5. The lowest BCUT2D eigenvalue weighted by Gasteiger charge is -2.20. The lowest BCUT2D eigenvalue weighted by Crippen LogP contribution is -2.36. The molecule has 19 heavy (non-hydrogen) atoms. The van der Waals surface area contributed by atoms with E-state index in [0.717, 1.165) is 18.4 Å². The van der Waals surface area contributed by atoms with Gasteiger partial charge in [-0.25, -0.2) is 0 Å². The summed E-state index contributed by atoms with van der Waals surface area (Å²) in [4.78, 5) is 11.8. The number of hydrogen-bond donors (Lipinski definition) is 2. The van der Waals surface area contributed by atoms with Crippen molar-refractivity contribution in [1.29, 1.82) is 0 Å². The largest absolute Gasteiger partial charge is 0.391 e.